The quantitative estimate of drug-likeness (QED) is 0.0610. The molecule has 0 atom stereocenters. The van der Waals surface area contributed by atoms with E-state index in [0.29, 0.717) is 0 Å². The summed E-state index contributed by atoms with van der Waals surface area (Å²) in [5, 5.41) is -0.297. The zero-order valence-corrected chi connectivity index (χ0v) is 26.5. The van der Waals surface area contributed by atoms with Crippen LogP contribution in [-0.2, 0) is 0 Å². The molecule has 0 heterocycles. The summed E-state index contributed by atoms with van der Waals surface area (Å²) >= 11 is 0. The third kappa shape index (κ3) is 6.41. The lowest BCUT2D eigenvalue weighted by atomic mass is 9.90. The normalized spacial score (nSPS) is 14.2. The summed E-state index contributed by atoms with van der Waals surface area (Å²) in [7, 11) is -4.36. The fourth-order valence-corrected chi connectivity index (χ4v) is 8.39. The Morgan fingerprint density at radius 3 is 1.10 bits per heavy atom. The summed E-state index contributed by atoms with van der Waals surface area (Å²) in [5.74, 6) is -50.1. The average molecular weight is 775 g/mol. The molecule has 0 bridgehead atoms. The number of nitrogens with zero attached hydrogens (tertiary/aromatic N) is 1. The van der Waals surface area contributed by atoms with Crippen molar-refractivity contribution in [2.45, 2.75) is 41.7 Å². The lowest BCUT2D eigenvalue weighted by Gasteiger charge is -2.41. The highest BCUT2D eigenvalue weighted by molar-refractivity contribution is 7.87. The molecule has 4 aromatic rings. The van der Waals surface area contributed by atoms with Crippen LogP contribution in [0.15, 0.2) is 138 Å². The lowest BCUT2D eigenvalue weighted by Crippen LogP contribution is -2.72. The summed E-state index contributed by atoms with van der Waals surface area (Å²) < 4.78 is 220. The van der Waals surface area contributed by atoms with Gasteiger partial charge in [-0.15, -0.1) is 0 Å². The summed E-state index contributed by atoms with van der Waals surface area (Å²) in [6, 6.07) is 24.9. The predicted molar refractivity (Wildman–Crippen MR) is 162 cm³/mol. The molecule has 0 aliphatic heterocycles. The van der Waals surface area contributed by atoms with Crippen molar-refractivity contribution in [3.8, 4) is 0 Å². The number of allylic oxidation sites excluding steroid dienone is 2. The number of hydrogen-bond acceptors (Lipinski definition) is 2. The van der Waals surface area contributed by atoms with E-state index in [1.54, 1.807) is 0 Å². The Balaban J connectivity index is 2.15. The summed E-state index contributed by atoms with van der Waals surface area (Å²) in [4.78, 5) is 13.2. The SMILES string of the molecule is O=C(/C=C(/N=P(c1ccccc1)(c1ccccc1)c1ccccc1)C(F)(F)C(F)(F)C(F)(F)C(F)(F)C(F)(F)C(F)(F)C(F)(F)F)c1ccccc1. The van der Waals surface area contributed by atoms with Crippen LogP contribution in [0.3, 0.4) is 0 Å². The Morgan fingerprint density at radius 1 is 0.442 bits per heavy atom. The van der Waals surface area contributed by atoms with Crippen LogP contribution in [0.25, 0.3) is 0 Å². The van der Waals surface area contributed by atoms with E-state index in [9.17, 15) is 44.3 Å². The van der Waals surface area contributed by atoms with E-state index in [-0.39, 0.29) is 15.9 Å². The number of halogens is 15. The average Bonchev–Trinajstić information content (AvgIpc) is 3.10. The van der Waals surface area contributed by atoms with Crippen LogP contribution in [0.2, 0.25) is 0 Å². The number of rotatable bonds is 12. The van der Waals surface area contributed by atoms with Crippen LogP contribution in [-0.4, -0.2) is 47.5 Å². The molecule has 4 aromatic carbocycles. The number of carbonyl (C=O) groups is 1. The van der Waals surface area contributed by atoms with Crippen LogP contribution < -0.4 is 15.9 Å². The van der Waals surface area contributed by atoms with Gasteiger partial charge in [0.2, 0.25) is 0 Å². The lowest BCUT2D eigenvalue weighted by molar-refractivity contribution is -0.450. The van der Waals surface area contributed by atoms with Crippen molar-refractivity contribution < 1.29 is 70.7 Å². The van der Waals surface area contributed by atoms with Crippen molar-refractivity contribution in [1.82, 2.24) is 0 Å². The molecule has 0 unspecified atom stereocenters. The van der Waals surface area contributed by atoms with E-state index in [4.69, 9.17) is 0 Å². The van der Waals surface area contributed by atoms with Crippen LogP contribution >= 0.6 is 7.05 Å². The molecular weight excluding hydrogens is 754 g/mol. The monoisotopic (exact) mass is 775 g/mol. The fraction of sp³-hybridized carbons (Fsp3) is 0.206. The van der Waals surface area contributed by atoms with E-state index in [2.05, 4.69) is 4.74 Å². The molecule has 0 aliphatic rings. The number of ketones is 1. The molecule has 52 heavy (non-hydrogen) atoms. The number of benzene rings is 4. The Morgan fingerprint density at radius 2 is 0.750 bits per heavy atom. The highest BCUT2D eigenvalue weighted by Gasteiger charge is 2.93. The first kappa shape index (κ1) is 40.2. The molecular formula is C34H21F15NOP. The Hall–Kier alpha value is -4.53. The minimum Gasteiger partial charge on any atom is -0.289 e. The number of carbonyl (C=O) groups excluding carboxylic acids is 1. The van der Waals surface area contributed by atoms with Gasteiger partial charge in [-0.05, 0) is 0 Å². The van der Waals surface area contributed by atoms with Gasteiger partial charge in [0.25, 0.3) is 0 Å². The van der Waals surface area contributed by atoms with Gasteiger partial charge >= 0.3 is 41.7 Å². The van der Waals surface area contributed by atoms with Gasteiger partial charge in [-0.3, -0.25) is 9.54 Å². The van der Waals surface area contributed by atoms with Crippen molar-refractivity contribution in [2.75, 3.05) is 0 Å². The van der Waals surface area contributed by atoms with Crippen molar-refractivity contribution in [3.05, 3.63) is 139 Å². The zero-order chi connectivity index (χ0) is 39.0. The minimum absolute atomic E-state index is 0.0991. The van der Waals surface area contributed by atoms with Crippen LogP contribution in [0.5, 0.6) is 0 Å². The first-order valence-electron chi connectivity index (χ1n) is 14.4. The first-order valence-corrected chi connectivity index (χ1v) is 16.1. The van der Waals surface area contributed by atoms with Crippen LogP contribution in [0.4, 0.5) is 65.9 Å². The van der Waals surface area contributed by atoms with E-state index < -0.39 is 71.9 Å². The molecule has 0 amide bonds. The highest BCUT2D eigenvalue weighted by Crippen LogP contribution is 2.64. The van der Waals surface area contributed by atoms with Gasteiger partial charge in [-0.2, -0.15) is 65.9 Å². The van der Waals surface area contributed by atoms with Crippen molar-refractivity contribution >= 4 is 28.8 Å². The molecule has 278 valence electrons. The predicted octanol–water partition coefficient (Wildman–Crippen LogP) is 10.3. The fourth-order valence-electron chi connectivity index (χ4n) is 4.83. The molecule has 0 aromatic heterocycles. The molecule has 18 heteroatoms. The molecule has 0 saturated carbocycles. The zero-order valence-electron chi connectivity index (χ0n) is 25.6. The van der Waals surface area contributed by atoms with Gasteiger partial charge in [0.15, 0.2) is 5.78 Å². The smallest absolute Gasteiger partial charge is 0.289 e. The second-order valence-corrected chi connectivity index (χ2v) is 14.0. The minimum atomic E-state index is -8.52. The molecule has 0 saturated heterocycles. The standard InChI is InChI=1S/C34H21F15NOP/c35-28(36,29(37,38)30(39,40)31(41,42)32(43,44)33(45,46)34(47,48)49)27(21-26(51)22-13-5-1-6-14-22)50-52(23-15-7-2-8-16-23,24-17-9-3-10-18-24)25-19-11-4-12-20-25/h1-21H/b27-21+. The van der Waals surface area contributed by atoms with Gasteiger partial charge in [-0.25, -0.2) is 0 Å². The number of alkyl halides is 15. The van der Waals surface area contributed by atoms with Gasteiger partial charge < -0.3 is 0 Å². The third-order valence-electron chi connectivity index (χ3n) is 7.62. The molecule has 0 aliphatic carbocycles. The molecule has 0 fully saturated rings. The van der Waals surface area contributed by atoms with E-state index >= 15 is 26.3 Å². The molecule has 0 spiro atoms. The summed E-state index contributed by atoms with van der Waals surface area (Å²) in [6.45, 7) is 0. The largest absolute Gasteiger partial charge is 0.460 e. The highest BCUT2D eigenvalue weighted by atomic mass is 31.2. The van der Waals surface area contributed by atoms with Gasteiger partial charge in [-0.1, -0.05) is 121 Å². The molecule has 4 rings (SSSR count). The molecule has 0 radical (unpaired) electrons. The number of hydrogen-bond donors (Lipinski definition) is 0. The third-order valence-corrected chi connectivity index (χ3v) is 11.3. The molecule has 0 N–H and O–H groups in total. The summed E-state index contributed by atoms with van der Waals surface area (Å²) in [6.07, 6.45) is -8.20. The topological polar surface area (TPSA) is 29.4 Å². The maximum Gasteiger partial charge on any atom is 0.460 e. The van der Waals surface area contributed by atoms with Gasteiger partial charge in [0, 0.05) is 27.6 Å². The van der Waals surface area contributed by atoms with Crippen LogP contribution in [0, 0.1) is 0 Å². The maximum atomic E-state index is 16.2. The van der Waals surface area contributed by atoms with Crippen molar-refractivity contribution in [1.29, 1.82) is 0 Å². The van der Waals surface area contributed by atoms with E-state index in [0.717, 1.165) is 24.3 Å². The Bertz CT molecular complexity index is 1840. The van der Waals surface area contributed by atoms with Crippen molar-refractivity contribution in [3.63, 3.8) is 0 Å². The summed E-state index contributed by atoms with van der Waals surface area (Å²) in [5.41, 5.74) is -3.32. The second kappa shape index (κ2) is 13.8. The van der Waals surface area contributed by atoms with Gasteiger partial charge in [0.1, 0.15) is 5.70 Å². The van der Waals surface area contributed by atoms with E-state index in [1.165, 1.54) is 97.1 Å². The second-order valence-electron chi connectivity index (χ2n) is 10.9. The maximum absolute atomic E-state index is 16.2. The Labute approximate surface area is 284 Å². The first-order chi connectivity index (χ1) is 23.9. The molecule has 2 nitrogen and oxygen atoms in total. The van der Waals surface area contributed by atoms with Crippen molar-refractivity contribution in [2.24, 2.45) is 4.74 Å². The Kier molecular flexibility index (Phi) is 10.7. The van der Waals surface area contributed by atoms with E-state index in [1.807, 2.05) is 0 Å². The van der Waals surface area contributed by atoms with Gasteiger partial charge in [0.05, 0.1) is 7.05 Å². The van der Waals surface area contributed by atoms with Crippen LogP contribution in [0.1, 0.15) is 10.4 Å².